The van der Waals surface area contributed by atoms with Crippen molar-refractivity contribution in [3.63, 3.8) is 0 Å². The van der Waals surface area contributed by atoms with Crippen molar-refractivity contribution in [3.8, 4) is 0 Å². The maximum atomic E-state index is 12.0. The fourth-order valence-electron chi connectivity index (χ4n) is 2.91. The van der Waals surface area contributed by atoms with Gasteiger partial charge < -0.3 is 15.2 Å². The average molecular weight is 263 g/mol. The molecule has 2 N–H and O–H groups in total. The Bertz CT molecular complexity index is 483. The molecule has 1 aliphatic rings. The van der Waals surface area contributed by atoms with Crippen molar-refractivity contribution in [2.45, 2.75) is 26.8 Å². The molecule has 104 valence electrons. The van der Waals surface area contributed by atoms with E-state index in [0.717, 1.165) is 16.7 Å². The molecular formula is C15H21NO3. The SMILES string of the molecule is COC(=O)C1(C(N)c2c(C)cc(C)cc2C)COC1. The number of ether oxygens (including phenoxy) is 2. The molecule has 1 fully saturated rings. The number of methoxy groups -OCH3 is 1. The standard InChI is InChI=1S/C15H21NO3/c1-9-5-10(2)12(11(3)6-9)13(16)15(7-19-8-15)14(17)18-4/h5-6,13H,7-8,16H2,1-4H3. The van der Waals surface area contributed by atoms with Gasteiger partial charge in [0, 0.05) is 0 Å². The summed E-state index contributed by atoms with van der Waals surface area (Å²) in [4.78, 5) is 12.0. The number of hydrogen-bond donors (Lipinski definition) is 1. The zero-order valence-corrected chi connectivity index (χ0v) is 11.9. The summed E-state index contributed by atoms with van der Waals surface area (Å²) in [6.07, 6.45) is 0. The molecule has 0 saturated carbocycles. The average Bonchev–Trinajstić information content (AvgIpc) is 2.25. The zero-order chi connectivity index (χ0) is 14.2. The highest BCUT2D eigenvalue weighted by molar-refractivity contribution is 5.79. The van der Waals surface area contributed by atoms with Crippen molar-refractivity contribution in [2.24, 2.45) is 11.1 Å². The summed E-state index contributed by atoms with van der Waals surface area (Å²) in [5.74, 6) is -0.286. The van der Waals surface area contributed by atoms with Gasteiger partial charge in [0.2, 0.25) is 0 Å². The minimum Gasteiger partial charge on any atom is -0.468 e. The van der Waals surface area contributed by atoms with Crippen LogP contribution in [-0.4, -0.2) is 26.3 Å². The molecule has 1 aromatic carbocycles. The zero-order valence-electron chi connectivity index (χ0n) is 11.9. The van der Waals surface area contributed by atoms with Crippen LogP contribution in [0.3, 0.4) is 0 Å². The van der Waals surface area contributed by atoms with Gasteiger partial charge in [0.05, 0.1) is 26.4 Å². The Morgan fingerprint density at radius 1 is 1.32 bits per heavy atom. The second-order valence-corrected chi connectivity index (χ2v) is 5.43. The van der Waals surface area contributed by atoms with E-state index >= 15 is 0 Å². The predicted octanol–water partition coefficient (Wildman–Crippen LogP) is 1.80. The van der Waals surface area contributed by atoms with Crippen molar-refractivity contribution < 1.29 is 14.3 Å². The third-order valence-electron chi connectivity index (χ3n) is 3.96. The monoisotopic (exact) mass is 263 g/mol. The van der Waals surface area contributed by atoms with E-state index in [1.54, 1.807) is 0 Å². The summed E-state index contributed by atoms with van der Waals surface area (Å²) >= 11 is 0. The summed E-state index contributed by atoms with van der Waals surface area (Å²) in [6, 6.07) is 3.79. The molecule has 1 saturated heterocycles. The molecule has 0 radical (unpaired) electrons. The number of benzene rings is 1. The van der Waals surface area contributed by atoms with Gasteiger partial charge in [-0.15, -0.1) is 0 Å². The van der Waals surface area contributed by atoms with E-state index < -0.39 is 11.5 Å². The normalized spacial score (nSPS) is 18.6. The summed E-state index contributed by atoms with van der Waals surface area (Å²) < 4.78 is 10.1. The molecule has 1 atom stereocenters. The van der Waals surface area contributed by atoms with E-state index in [4.69, 9.17) is 15.2 Å². The number of esters is 1. The van der Waals surface area contributed by atoms with Crippen molar-refractivity contribution >= 4 is 5.97 Å². The lowest BCUT2D eigenvalue weighted by atomic mass is 9.73. The Hall–Kier alpha value is -1.39. The quantitative estimate of drug-likeness (QED) is 0.845. The van der Waals surface area contributed by atoms with Gasteiger partial charge in [-0.05, 0) is 37.5 Å². The second kappa shape index (κ2) is 4.94. The van der Waals surface area contributed by atoms with Crippen LogP contribution in [0.5, 0.6) is 0 Å². The first-order valence-electron chi connectivity index (χ1n) is 6.42. The maximum Gasteiger partial charge on any atom is 0.318 e. The molecule has 1 unspecified atom stereocenters. The highest BCUT2D eigenvalue weighted by Crippen LogP contribution is 2.42. The lowest BCUT2D eigenvalue weighted by Gasteiger charge is -2.43. The molecule has 4 nitrogen and oxygen atoms in total. The number of aryl methyl sites for hydroxylation is 3. The Labute approximate surface area is 113 Å². The molecule has 1 heterocycles. The van der Waals surface area contributed by atoms with Crippen molar-refractivity contribution in [3.05, 3.63) is 34.4 Å². The Morgan fingerprint density at radius 2 is 1.84 bits per heavy atom. The molecule has 0 bridgehead atoms. The minimum absolute atomic E-state index is 0.286. The molecular weight excluding hydrogens is 242 g/mol. The fraction of sp³-hybridized carbons (Fsp3) is 0.533. The van der Waals surface area contributed by atoms with E-state index in [1.165, 1.54) is 12.7 Å². The van der Waals surface area contributed by atoms with Crippen molar-refractivity contribution in [2.75, 3.05) is 20.3 Å². The third kappa shape index (κ3) is 2.15. The van der Waals surface area contributed by atoms with Crippen LogP contribution in [0.4, 0.5) is 0 Å². The lowest BCUT2D eigenvalue weighted by molar-refractivity contribution is -0.188. The van der Waals surface area contributed by atoms with Gasteiger partial charge in [-0.2, -0.15) is 0 Å². The van der Waals surface area contributed by atoms with Crippen LogP contribution < -0.4 is 5.73 Å². The van der Waals surface area contributed by atoms with Gasteiger partial charge in [0.15, 0.2) is 0 Å². The Kier molecular flexibility index (Phi) is 3.65. The minimum atomic E-state index is -0.737. The van der Waals surface area contributed by atoms with E-state index in [2.05, 4.69) is 19.1 Å². The van der Waals surface area contributed by atoms with Crippen molar-refractivity contribution in [1.82, 2.24) is 0 Å². The maximum absolute atomic E-state index is 12.0. The Balaban J connectivity index is 2.44. The van der Waals surface area contributed by atoms with Gasteiger partial charge in [0.1, 0.15) is 5.41 Å². The highest BCUT2D eigenvalue weighted by atomic mass is 16.5. The number of hydrogen-bond acceptors (Lipinski definition) is 4. The van der Waals surface area contributed by atoms with Gasteiger partial charge in [-0.1, -0.05) is 17.7 Å². The van der Waals surface area contributed by atoms with Crippen molar-refractivity contribution in [1.29, 1.82) is 0 Å². The van der Waals surface area contributed by atoms with Crippen LogP contribution in [0.1, 0.15) is 28.3 Å². The van der Waals surface area contributed by atoms with E-state index in [-0.39, 0.29) is 5.97 Å². The van der Waals surface area contributed by atoms with E-state index in [1.807, 2.05) is 13.8 Å². The molecule has 19 heavy (non-hydrogen) atoms. The van der Waals surface area contributed by atoms with Crippen LogP contribution >= 0.6 is 0 Å². The first-order chi connectivity index (χ1) is 8.92. The van der Waals surface area contributed by atoms with Gasteiger partial charge in [-0.3, -0.25) is 4.79 Å². The third-order valence-corrected chi connectivity index (χ3v) is 3.96. The molecule has 0 aliphatic carbocycles. The molecule has 4 heteroatoms. The van der Waals surface area contributed by atoms with E-state index in [9.17, 15) is 4.79 Å². The van der Waals surface area contributed by atoms with Gasteiger partial charge in [0.25, 0.3) is 0 Å². The first kappa shape index (κ1) is 14.0. The van der Waals surface area contributed by atoms with Gasteiger partial charge in [-0.25, -0.2) is 0 Å². The summed E-state index contributed by atoms with van der Waals surface area (Å²) in [6.45, 7) is 6.76. The number of nitrogens with two attached hydrogens (primary N) is 1. The predicted molar refractivity (Wildman–Crippen MR) is 72.8 cm³/mol. The summed E-state index contributed by atoms with van der Waals surface area (Å²) in [5, 5.41) is 0. The molecule has 0 aromatic heterocycles. The topological polar surface area (TPSA) is 61.5 Å². The number of carbonyl (C=O) groups is 1. The van der Waals surface area contributed by atoms with Crippen LogP contribution in [0.25, 0.3) is 0 Å². The lowest BCUT2D eigenvalue weighted by Crippen LogP contribution is -2.56. The molecule has 1 aliphatic heterocycles. The summed E-state index contributed by atoms with van der Waals surface area (Å²) in [5.41, 5.74) is 10.1. The fourth-order valence-corrected chi connectivity index (χ4v) is 2.91. The molecule has 0 spiro atoms. The Morgan fingerprint density at radius 3 is 2.21 bits per heavy atom. The van der Waals surface area contributed by atoms with Gasteiger partial charge >= 0.3 is 5.97 Å². The van der Waals surface area contributed by atoms with Crippen LogP contribution in [-0.2, 0) is 14.3 Å². The first-order valence-corrected chi connectivity index (χ1v) is 6.42. The van der Waals surface area contributed by atoms with E-state index in [0.29, 0.717) is 13.2 Å². The molecule has 0 amide bonds. The molecule has 1 aromatic rings. The second-order valence-electron chi connectivity index (χ2n) is 5.43. The largest absolute Gasteiger partial charge is 0.468 e. The smallest absolute Gasteiger partial charge is 0.318 e. The van der Waals surface area contributed by atoms with Crippen LogP contribution in [0.2, 0.25) is 0 Å². The summed E-state index contributed by atoms with van der Waals surface area (Å²) in [7, 11) is 1.39. The van der Waals surface area contributed by atoms with Crippen LogP contribution in [0, 0.1) is 26.2 Å². The number of rotatable bonds is 3. The van der Waals surface area contributed by atoms with Crippen LogP contribution in [0.15, 0.2) is 12.1 Å². The number of carbonyl (C=O) groups excluding carboxylic acids is 1. The molecule has 2 rings (SSSR count). The highest BCUT2D eigenvalue weighted by Gasteiger charge is 2.53.